The molecular weight excluding hydrogens is 321 g/mol. The first-order valence-corrected chi connectivity index (χ1v) is 7.63. The Morgan fingerprint density at radius 1 is 1.18 bits per heavy atom. The zero-order chi connectivity index (χ0) is 15.0. The van der Waals surface area contributed by atoms with E-state index >= 15 is 0 Å². The zero-order valence-electron chi connectivity index (χ0n) is 12.5. The minimum absolute atomic E-state index is 0. The van der Waals surface area contributed by atoms with Crippen molar-refractivity contribution in [2.75, 3.05) is 4.90 Å². The molecule has 1 aliphatic heterocycles. The van der Waals surface area contributed by atoms with E-state index in [1.54, 1.807) is 0 Å². The number of halogens is 2. The Bertz CT molecular complexity index is 588. The highest BCUT2D eigenvalue weighted by atomic mass is 35.5. The fourth-order valence-corrected chi connectivity index (χ4v) is 3.32. The highest BCUT2D eigenvalue weighted by molar-refractivity contribution is 6.30. The van der Waals surface area contributed by atoms with Crippen molar-refractivity contribution in [2.45, 2.75) is 38.3 Å². The fourth-order valence-electron chi connectivity index (χ4n) is 3.19. The van der Waals surface area contributed by atoms with Crippen LogP contribution in [0.4, 0.5) is 5.69 Å². The maximum Gasteiger partial charge on any atom is 0.220 e. The van der Waals surface area contributed by atoms with Gasteiger partial charge in [-0.15, -0.1) is 12.4 Å². The summed E-state index contributed by atoms with van der Waals surface area (Å²) in [5.74, 6) is 1.38. The number of anilines is 1. The lowest BCUT2D eigenvalue weighted by Gasteiger charge is -2.46. The van der Waals surface area contributed by atoms with E-state index in [-0.39, 0.29) is 18.4 Å². The first kappa shape index (κ1) is 16.9. The molecule has 2 aliphatic rings. The van der Waals surface area contributed by atoms with Crippen molar-refractivity contribution in [2.24, 2.45) is 27.4 Å². The molecule has 1 saturated carbocycles. The van der Waals surface area contributed by atoms with Crippen molar-refractivity contribution in [1.82, 2.24) is 0 Å². The van der Waals surface area contributed by atoms with Crippen LogP contribution in [0.25, 0.3) is 0 Å². The van der Waals surface area contributed by atoms with E-state index in [4.69, 9.17) is 23.1 Å². The molecule has 120 valence electrons. The Labute approximate surface area is 141 Å². The Morgan fingerprint density at radius 3 is 2.36 bits per heavy atom. The zero-order valence-corrected chi connectivity index (χ0v) is 14.1. The van der Waals surface area contributed by atoms with E-state index in [9.17, 15) is 0 Å². The highest BCUT2D eigenvalue weighted by Gasteiger charge is 2.43. The van der Waals surface area contributed by atoms with Gasteiger partial charge in [0.15, 0.2) is 0 Å². The molecular formula is C15H21Cl2N5. The van der Waals surface area contributed by atoms with E-state index in [0.29, 0.717) is 16.9 Å². The molecule has 0 radical (unpaired) electrons. The van der Waals surface area contributed by atoms with Gasteiger partial charge in [0.25, 0.3) is 0 Å². The van der Waals surface area contributed by atoms with Crippen molar-refractivity contribution in [3.05, 3.63) is 29.3 Å². The van der Waals surface area contributed by atoms with E-state index in [0.717, 1.165) is 31.4 Å². The Balaban J connectivity index is 0.00000176. The lowest BCUT2D eigenvalue weighted by Crippen LogP contribution is -2.58. The van der Waals surface area contributed by atoms with Crippen LogP contribution < -0.4 is 16.4 Å². The van der Waals surface area contributed by atoms with Crippen LogP contribution in [0.15, 0.2) is 34.3 Å². The second kappa shape index (κ2) is 6.34. The smallest absolute Gasteiger partial charge is 0.220 e. The molecule has 7 heteroatoms. The molecule has 1 heterocycles. The average Bonchev–Trinajstić information content (AvgIpc) is 2.44. The molecule has 0 saturated heterocycles. The third-order valence-electron chi connectivity index (χ3n) is 4.36. The quantitative estimate of drug-likeness (QED) is 0.823. The first-order chi connectivity index (χ1) is 10.00. The molecule has 5 nitrogen and oxygen atoms in total. The van der Waals surface area contributed by atoms with Crippen LogP contribution in [-0.2, 0) is 0 Å². The lowest BCUT2D eigenvalue weighted by molar-refractivity contribution is 0.252. The van der Waals surface area contributed by atoms with Gasteiger partial charge in [-0.1, -0.05) is 18.5 Å². The minimum atomic E-state index is -0.406. The maximum absolute atomic E-state index is 6.16. The SMILES string of the molecule is CC1CCC2(CC1)N=C(N)N=C(N)N2c1ccc(Cl)cc1.Cl. The van der Waals surface area contributed by atoms with Crippen LogP contribution in [0.5, 0.6) is 0 Å². The standard InChI is InChI=1S/C15H20ClN5.ClH/c1-10-6-8-15(9-7-10)20-13(17)19-14(18)21(15)12-4-2-11(16)3-5-12;/h2-5,10H,6-9H2,1H3,(H4,17,18,19,20);1H. The van der Waals surface area contributed by atoms with Crippen LogP contribution in [0.1, 0.15) is 32.6 Å². The van der Waals surface area contributed by atoms with Crippen molar-refractivity contribution in [3.8, 4) is 0 Å². The van der Waals surface area contributed by atoms with Crippen molar-refractivity contribution < 1.29 is 0 Å². The molecule has 22 heavy (non-hydrogen) atoms. The molecule has 1 spiro atoms. The molecule has 1 aromatic rings. The summed E-state index contributed by atoms with van der Waals surface area (Å²) in [4.78, 5) is 10.8. The summed E-state index contributed by atoms with van der Waals surface area (Å²) in [6.07, 6.45) is 4.06. The fraction of sp³-hybridized carbons (Fsp3) is 0.467. The predicted molar refractivity (Wildman–Crippen MR) is 94.8 cm³/mol. The lowest BCUT2D eigenvalue weighted by atomic mass is 9.81. The van der Waals surface area contributed by atoms with Gasteiger partial charge in [0.1, 0.15) is 5.66 Å². The highest BCUT2D eigenvalue weighted by Crippen LogP contribution is 2.41. The minimum Gasteiger partial charge on any atom is -0.369 e. The van der Waals surface area contributed by atoms with Gasteiger partial charge in [-0.25, -0.2) is 4.99 Å². The van der Waals surface area contributed by atoms with Crippen LogP contribution in [0, 0.1) is 5.92 Å². The number of benzene rings is 1. The summed E-state index contributed by atoms with van der Waals surface area (Å²) < 4.78 is 0. The molecule has 1 fully saturated rings. The van der Waals surface area contributed by atoms with Gasteiger partial charge in [0.2, 0.25) is 11.9 Å². The van der Waals surface area contributed by atoms with Gasteiger partial charge >= 0.3 is 0 Å². The summed E-state index contributed by atoms with van der Waals surface area (Å²) in [5, 5.41) is 0.695. The van der Waals surface area contributed by atoms with Crippen LogP contribution in [-0.4, -0.2) is 17.6 Å². The van der Waals surface area contributed by atoms with Gasteiger partial charge < -0.3 is 11.5 Å². The third-order valence-corrected chi connectivity index (χ3v) is 4.61. The molecule has 0 bridgehead atoms. The Morgan fingerprint density at radius 2 is 1.77 bits per heavy atom. The number of nitrogens with zero attached hydrogens (tertiary/aromatic N) is 3. The van der Waals surface area contributed by atoms with Gasteiger partial charge in [0.05, 0.1) is 0 Å². The van der Waals surface area contributed by atoms with Gasteiger partial charge in [-0.2, -0.15) is 4.99 Å². The number of guanidine groups is 2. The van der Waals surface area contributed by atoms with Crippen LogP contribution in [0.2, 0.25) is 5.02 Å². The molecule has 1 aliphatic carbocycles. The summed E-state index contributed by atoms with van der Waals surface area (Å²) in [6, 6.07) is 7.60. The second-order valence-corrected chi connectivity index (χ2v) is 6.35. The summed E-state index contributed by atoms with van der Waals surface area (Å²) in [5.41, 5.74) is 12.6. The second-order valence-electron chi connectivity index (χ2n) is 5.92. The first-order valence-electron chi connectivity index (χ1n) is 7.25. The molecule has 0 unspecified atom stereocenters. The average molecular weight is 342 g/mol. The van der Waals surface area contributed by atoms with Crippen molar-refractivity contribution in [3.63, 3.8) is 0 Å². The largest absolute Gasteiger partial charge is 0.369 e. The van der Waals surface area contributed by atoms with E-state index in [2.05, 4.69) is 16.9 Å². The van der Waals surface area contributed by atoms with E-state index < -0.39 is 5.66 Å². The Kier molecular flexibility index (Phi) is 4.87. The van der Waals surface area contributed by atoms with Crippen molar-refractivity contribution >= 4 is 41.6 Å². The number of aliphatic imine (C=N–C) groups is 2. The normalized spacial score (nSPS) is 27.9. The Hall–Kier alpha value is -1.46. The molecule has 1 aromatic carbocycles. The van der Waals surface area contributed by atoms with E-state index in [1.165, 1.54) is 0 Å². The van der Waals surface area contributed by atoms with Gasteiger partial charge in [0, 0.05) is 10.7 Å². The molecule has 3 rings (SSSR count). The summed E-state index contributed by atoms with van der Waals surface area (Å²) >= 11 is 5.98. The molecule has 0 atom stereocenters. The number of nitrogens with two attached hydrogens (primary N) is 2. The molecule has 4 N–H and O–H groups in total. The van der Waals surface area contributed by atoms with E-state index in [1.807, 2.05) is 29.2 Å². The summed E-state index contributed by atoms with van der Waals surface area (Å²) in [6.45, 7) is 2.27. The van der Waals surface area contributed by atoms with Gasteiger partial charge in [-0.05, 0) is 55.9 Å². The maximum atomic E-state index is 6.16. The monoisotopic (exact) mass is 341 g/mol. The predicted octanol–water partition coefficient (Wildman–Crippen LogP) is 3.12. The summed E-state index contributed by atoms with van der Waals surface area (Å²) in [7, 11) is 0. The molecule has 0 aromatic heterocycles. The molecule has 0 amide bonds. The van der Waals surface area contributed by atoms with Crippen LogP contribution in [0.3, 0.4) is 0 Å². The number of hydrogen-bond donors (Lipinski definition) is 2. The number of rotatable bonds is 1. The number of hydrogen-bond acceptors (Lipinski definition) is 5. The van der Waals surface area contributed by atoms with Gasteiger partial charge in [-0.3, -0.25) is 4.90 Å². The third kappa shape index (κ3) is 3.01. The van der Waals surface area contributed by atoms with Crippen LogP contribution >= 0.6 is 24.0 Å². The van der Waals surface area contributed by atoms with Crippen molar-refractivity contribution in [1.29, 1.82) is 0 Å². The topological polar surface area (TPSA) is 80.0 Å².